The molecule has 0 aromatic heterocycles. The number of piperazine rings is 1. The zero-order chi connectivity index (χ0) is 34.8. The monoisotopic (exact) mass is 686 g/mol. The number of rotatable bonds is 6. The molecular weight excluding hydrogens is 646 g/mol. The maximum absolute atomic E-state index is 13.8. The van der Waals surface area contributed by atoms with Crippen LogP contribution in [0, 0.1) is 0 Å². The molecule has 0 bridgehead atoms. The van der Waals surface area contributed by atoms with Crippen LogP contribution in [0.3, 0.4) is 0 Å². The van der Waals surface area contributed by atoms with Crippen LogP contribution >= 0.6 is 0 Å². The highest BCUT2D eigenvalue weighted by atomic mass is 19.4. The van der Waals surface area contributed by atoms with Gasteiger partial charge in [0.2, 0.25) is 0 Å². The molecule has 0 N–H and O–H groups in total. The summed E-state index contributed by atoms with van der Waals surface area (Å²) < 4.78 is 81.6. The van der Waals surface area contributed by atoms with Crippen LogP contribution in [0.4, 0.5) is 26.3 Å². The van der Waals surface area contributed by atoms with Crippen molar-refractivity contribution < 1.29 is 35.9 Å². The van der Waals surface area contributed by atoms with Gasteiger partial charge in [0.05, 0.1) is 11.1 Å². The van der Waals surface area contributed by atoms with E-state index >= 15 is 0 Å². The van der Waals surface area contributed by atoms with E-state index in [0.29, 0.717) is 56.1 Å². The zero-order valence-electron chi connectivity index (χ0n) is 27.1. The number of amides is 2. The molecule has 262 valence electrons. The van der Waals surface area contributed by atoms with Gasteiger partial charge in [0, 0.05) is 75.1 Å². The minimum Gasteiger partial charge on any atom is -0.339 e. The van der Waals surface area contributed by atoms with Gasteiger partial charge in [-0.05, 0) is 68.0 Å². The summed E-state index contributed by atoms with van der Waals surface area (Å²) in [5.41, 5.74) is -1.96. The number of hydrogen-bond acceptors (Lipinski definition) is 4. The standard InChI is InChI=1S/C37H40F6N4O2/c38-36(39,40)29-22-28(23-30(24-29)37(41,42)43)35(49)47-16-13-32(25-33(47)21-26-7-3-1-4-8-26)45-19-17-44(18-20-45)31-11-14-46(15-12-31)34(48)27-9-5-2-6-10-27/h1-10,22-24,31-33H,11-21,25H2/t32-,33+/m0/s1. The van der Waals surface area contributed by atoms with E-state index in [4.69, 9.17) is 0 Å². The van der Waals surface area contributed by atoms with E-state index in [9.17, 15) is 35.9 Å². The minimum atomic E-state index is -5.04. The van der Waals surface area contributed by atoms with Gasteiger partial charge in [-0.15, -0.1) is 0 Å². The predicted octanol–water partition coefficient (Wildman–Crippen LogP) is 6.86. The average molecular weight is 687 g/mol. The SMILES string of the molecule is O=C(c1ccccc1)N1CCC(N2CCN([C@H]3CCN(C(=O)c4cc(C(F)(F)F)cc(C(F)(F)F)c4)[C@H](Cc4ccccc4)C3)CC2)CC1. The molecule has 6 rings (SSSR count). The molecule has 2 amide bonds. The summed E-state index contributed by atoms with van der Waals surface area (Å²) in [6, 6.07) is 20.0. The number of likely N-dealkylation sites (tertiary alicyclic amines) is 2. The molecule has 3 saturated heterocycles. The predicted molar refractivity (Wildman–Crippen MR) is 173 cm³/mol. The van der Waals surface area contributed by atoms with Crippen LogP contribution in [0.15, 0.2) is 78.9 Å². The third-order valence-electron chi connectivity index (χ3n) is 10.3. The zero-order valence-corrected chi connectivity index (χ0v) is 27.1. The lowest BCUT2D eigenvalue weighted by atomic mass is 9.90. The molecule has 49 heavy (non-hydrogen) atoms. The smallest absolute Gasteiger partial charge is 0.339 e. The highest BCUT2D eigenvalue weighted by Crippen LogP contribution is 2.37. The second-order valence-corrected chi connectivity index (χ2v) is 13.3. The number of carbonyl (C=O) groups is 2. The summed E-state index contributed by atoms with van der Waals surface area (Å²) in [6.45, 7) is 5.03. The summed E-state index contributed by atoms with van der Waals surface area (Å²) in [4.78, 5) is 34.9. The van der Waals surface area contributed by atoms with Gasteiger partial charge in [-0.25, -0.2) is 0 Å². The van der Waals surface area contributed by atoms with E-state index in [1.807, 2.05) is 65.6 Å². The molecule has 3 heterocycles. The number of nitrogens with zero attached hydrogens (tertiary/aromatic N) is 4. The normalized spacial score (nSPS) is 21.9. The van der Waals surface area contributed by atoms with Crippen LogP contribution in [-0.4, -0.2) is 95.4 Å². The van der Waals surface area contributed by atoms with E-state index in [1.165, 1.54) is 4.90 Å². The molecule has 2 atom stereocenters. The molecule has 0 unspecified atom stereocenters. The topological polar surface area (TPSA) is 47.1 Å². The van der Waals surface area contributed by atoms with Gasteiger partial charge >= 0.3 is 12.4 Å². The number of carbonyl (C=O) groups excluding carboxylic acids is 2. The molecule has 3 fully saturated rings. The van der Waals surface area contributed by atoms with Crippen molar-refractivity contribution in [2.24, 2.45) is 0 Å². The molecule has 3 aliphatic heterocycles. The Bertz CT molecular complexity index is 1550. The molecule has 0 saturated carbocycles. The van der Waals surface area contributed by atoms with Gasteiger partial charge in [-0.1, -0.05) is 48.5 Å². The summed E-state index contributed by atoms with van der Waals surface area (Å²) in [5.74, 6) is -0.759. The van der Waals surface area contributed by atoms with Gasteiger partial charge < -0.3 is 9.80 Å². The Balaban J connectivity index is 1.11. The van der Waals surface area contributed by atoms with Crippen molar-refractivity contribution in [2.75, 3.05) is 45.8 Å². The van der Waals surface area contributed by atoms with Gasteiger partial charge in [0.1, 0.15) is 0 Å². The highest BCUT2D eigenvalue weighted by Gasteiger charge is 2.40. The van der Waals surface area contributed by atoms with Crippen LogP contribution < -0.4 is 0 Å². The van der Waals surface area contributed by atoms with Crippen LogP contribution in [0.1, 0.15) is 63.1 Å². The van der Waals surface area contributed by atoms with Crippen molar-refractivity contribution in [1.82, 2.24) is 19.6 Å². The van der Waals surface area contributed by atoms with Gasteiger partial charge in [-0.3, -0.25) is 19.4 Å². The summed E-state index contributed by atoms with van der Waals surface area (Å²) in [6.07, 6.45) is -6.69. The van der Waals surface area contributed by atoms with E-state index < -0.39 is 41.0 Å². The van der Waals surface area contributed by atoms with Crippen molar-refractivity contribution >= 4 is 11.8 Å². The lowest BCUT2D eigenvalue weighted by Gasteiger charge is -2.48. The lowest BCUT2D eigenvalue weighted by molar-refractivity contribution is -0.143. The van der Waals surface area contributed by atoms with Crippen molar-refractivity contribution in [3.63, 3.8) is 0 Å². The second kappa shape index (κ2) is 14.5. The first-order chi connectivity index (χ1) is 23.4. The molecule has 3 aliphatic rings. The molecule has 3 aromatic carbocycles. The molecular formula is C37H40F6N4O2. The lowest BCUT2D eigenvalue weighted by Crippen LogP contribution is -2.58. The third-order valence-corrected chi connectivity index (χ3v) is 10.3. The quantitative estimate of drug-likeness (QED) is 0.266. The summed E-state index contributed by atoms with van der Waals surface area (Å²) >= 11 is 0. The van der Waals surface area contributed by atoms with Crippen LogP contribution in [-0.2, 0) is 18.8 Å². The molecule has 12 heteroatoms. The Morgan fingerprint density at radius 1 is 0.592 bits per heavy atom. The number of hydrogen-bond donors (Lipinski definition) is 0. The first kappa shape index (κ1) is 34.9. The average Bonchev–Trinajstić information content (AvgIpc) is 3.11. The number of halogens is 6. The fraction of sp³-hybridized carbons (Fsp3) is 0.459. The van der Waals surface area contributed by atoms with E-state index in [-0.39, 0.29) is 24.6 Å². The molecule has 6 nitrogen and oxygen atoms in total. The van der Waals surface area contributed by atoms with Crippen LogP contribution in [0.25, 0.3) is 0 Å². The van der Waals surface area contributed by atoms with Gasteiger partial charge in [-0.2, -0.15) is 26.3 Å². The Morgan fingerprint density at radius 2 is 1.10 bits per heavy atom. The summed E-state index contributed by atoms with van der Waals surface area (Å²) in [7, 11) is 0. The molecule has 3 aromatic rings. The first-order valence-electron chi connectivity index (χ1n) is 16.8. The number of piperidine rings is 2. The third kappa shape index (κ3) is 8.29. The first-order valence-corrected chi connectivity index (χ1v) is 16.8. The second-order valence-electron chi connectivity index (χ2n) is 13.3. The Hall–Kier alpha value is -3.90. The maximum atomic E-state index is 13.8. The largest absolute Gasteiger partial charge is 0.416 e. The van der Waals surface area contributed by atoms with Gasteiger partial charge in [0.15, 0.2) is 0 Å². The molecule has 0 radical (unpaired) electrons. The van der Waals surface area contributed by atoms with E-state index in [0.717, 1.165) is 44.6 Å². The Labute approximate surface area is 282 Å². The minimum absolute atomic E-state index is 0.0533. The van der Waals surface area contributed by atoms with Crippen molar-refractivity contribution in [3.05, 3.63) is 107 Å². The van der Waals surface area contributed by atoms with Gasteiger partial charge in [0.25, 0.3) is 11.8 Å². The van der Waals surface area contributed by atoms with Crippen molar-refractivity contribution in [1.29, 1.82) is 0 Å². The summed E-state index contributed by atoms with van der Waals surface area (Å²) in [5, 5.41) is 0. The maximum Gasteiger partial charge on any atom is 0.416 e. The van der Waals surface area contributed by atoms with Crippen LogP contribution in [0.2, 0.25) is 0 Å². The Morgan fingerprint density at radius 3 is 1.65 bits per heavy atom. The molecule has 0 spiro atoms. The number of alkyl halides is 6. The van der Waals surface area contributed by atoms with E-state index in [2.05, 4.69) is 9.80 Å². The number of benzene rings is 3. The van der Waals surface area contributed by atoms with Crippen molar-refractivity contribution in [3.8, 4) is 0 Å². The molecule has 0 aliphatic carbocycles. The fourth-order valence-corrected chi connectivity index (χ4v) is 7.62. The fourth-order valence-electron chi connectivity index (χ4n) is 7.62. The highest BCUT2D eigenvalue weighted by molar-refractivity contribution is 5.95. The van der Waals surface area contributed by atoms with E-state index in [1.54, 1.807) is 0 Å². The Kier molecular flexibility index (Phi) is 10.4. The van der Waals surface area contributed by atoms with Crippen LogP contribution in [0.5, 0.6) is 0 Å². The van der Waals surface area contributed by atoms with Crippen molar-refractivity contribution in [2.45, 2.75) is 62.6 Å².